The first-order valence-corrected chi connectivity index (χ1v) is 11.5. The third kappa shape index (κ3) is 3.89. The fourth-order valence-corrected chi connectivity index (χ4v) is 5.51. The highest BCUT2D eigenvalue weighted by atomic mass is 32.2. The Hall–Kier alpha value is -1.30. The number of hydrogen-bond donors (Lipinski definition) is 0. The molecule has 0 N–H and O–H groups in total. The maximum absolute atomic E-state index is 6.24. The molecule has 0 aromatic heterocycles. The van der Waals surface area contributed by atoms with Crippen LogP contribution in [0.15, 0.2) is 48.6 Å². The van der Waals surface area contributed by atoms with Gasteiger partial charge in [-0.1, -0.05) is 48.2 Å². The third-order valence-electron chi connectivity index (χ3n) is 6.66. The summed E-state index contributed by atoms with van der Waals surface area (Å²) in [5, 5.41) is 0. The maximum atomic E-state index is 6.24. The summed E-state index contributed by atoms with van der Waals surface area (Å²) in [6.45, 7) is 4.99. The van der Waals surface area contributed by atoms with Gasteiger partial charge in [-0.3, -0.25) is 0 Å². The molecule has 3 nitrogen and oxygen atoms in total. The van der Waals surface area contributed by atoms with Crippen molar-refractivity contribution in [2.75, 3.05) is 13.4 Å². The SMILES string of the molecule is C=C1C[C@@]23C=C[C@@H](OCc4ccc(OC)cc4)C[C@@H]2C[C@@H](OC(=S)SC)[C@@H]1C3. The summed E-state index contributed by atoms with van der Waals surface area (Å²) < 4.78 is 18.2. The lowest BCUT2D eigenvalue weighted by molar-refractivity contribution is -0.0114. The van der Waals surface area contributed by atoms with E-state index in [9.17, 15) is 0 Å². The number of fused-ring (bicyclic) bond motifs is 1. The highest BCUT2D eigenvalue weighted by Crippen LogP contribution is 2.60. The van der Waals surface area contributed by atoms with E-state index in [1.54, 1.807) is 7.11 Å². The average Bonchev–Trinajstić information content (AvgIpc) is 3.00. The number of thioether (sulfide) groups is 1. The van der Waals surface area contributed by atoms with E-state index in [1.165, 1.54) is 22.9 Å². The van der Waals surface area contributed by atoms with E-state index >= 15 is 0 Å². The number of rotatable bonds is 5. The molecule has 2 saturated carbocycles. The second-order valence-corrected chi connectivity index (χ2v) is 9.62. The zero-order valence-electron chi connectivity index (χ0n) is 16.6. The Bertz CT molecular complexity index is 773. The first kappa shape index (κ1) is 20.0. The van der Waals surface area contributed by atoms with Gasteiger partial charge in [0, 0.05) is 5.92 Å². The van der Waals surface area contributed by atoms with Gasteiger partial charge in [0.15, 0.2) is 0 Å². The molecule has 3 aliphatic rings. The number of allylic oxidation sites excluding steroid dienone is 1. The fraction of sp³-hybridized carbons (Fsp3) is 0.522. The van der Waals surface area contributed by atoms with Gasteiger partial charge in [0.25, 0.3) is 0 Å². The van der Waals surface area contributed by atoms with Crippen molar-refractivity contribution in [3.05, 3.63) is 54.1 Å². The molecule has 2 bridgehead atoms. The average molecular weight is 417 g/mol. The lowest BCUT2D eigenvalue weighted by Gasteiger charge is -2.45. The predicted molar refractivity (Wildman–Crippen MR) is 119 cm³/mol. The van der Waals surface area contributed by atoms with Crippen molar-refractivity contribution in [3.63, 3.8) is 0 Å². The molecular weight excluding hydrogens is 388 g/mol. The normalized spacial score (nSPS) is 33.4. The summed E-state index contributed by atoms with van der Waals surface area (Å²) in [4.78, 5) is 0. The molecule has 3 aliphatic carbocycles. The Morgan fingerprint density at radius 2 is 2.07 bits per heavy atom. The Morgan fingerprint density at radius 3 is 2.79 bits per heavy atom. The molecule has 1 spiro atoms. The molecule has 0 aliphatic heterocycles. The number of benzene rings is 1. The van der Waals surface area contributed by atoms with Gasteiger partial charge in [-0.25, -0.2) is 0 Å². The summed E-state index contributed by atoms with van der Waals surface area (Å²) in [5.74, 6) is 1.86. The minimum atomic E-state index is 0.149. The van der Waals surface area contributed by atoms with E-state index in [0.717, 1.165) is 31.4 Å². The smallest absolute Gasteiger partial charge is 0.219 e. The molecule has 150 valence electrons. The van der Waals surface area contributed by atoms with Crippen molar-refractivity contribution in [1.29, 1.82) is 0 Å². The standard InChI is InChI=1S/C23H28O3S2/c1-15-12-23-9-8-19(25-14-16-4-6-18(24-2)7-5-16)10-17(23)11-21(20(15)13-23)26-22(27)28-3/h4-9,17,19-21H,1,10-14H2,2-3H3/t17-,19-,20-,21-,23-/m1/s1. The molecule has 1 aromatic carbocycles. The quantitative estimate of drug-likeness (QED) is 0.464. The van der Waals surface area contributed by atoms with Gasteiger partial charge >= 0.3 is 0 Å². The van der Waals surface area contributed by atoms with Gasteiger partial charge < -0.3 is 14.2 Å². The zero-order chi connectivity index (χ0) is 19.7. The molecule has 0 saturated heterocycles. The van der Waals surface area contributed by atoms with Gasteiger partial charge in [0.1, 0.15) is 11.9 Å². The largest absolute Gasteiger partial charge is 0.497 e. The van der Waals surface area contributed by atoms with E-state index in [-0.39, 0.29) is 17.6 Å². The van der Waals surface area contributed by atoms with E-state index in [1.807, 2.05) is 18.4 Å². The van der Waals surface area contributed by atoms with Crippen LogP contribution in [-0.2, 0) is 16.1 Å². The molecule has 0 amide bonds. The van der Waals surface area contributed by atoms with E-state index in [0.29, 0.717) is 22.8 Å². The van der Waals surface area contributed by atoms with Crippen LogP contribution in [0.5, 0.6) is 5.75 Å². The Balaban J connectivity index is 1.42. The van der Waals surface area contributed by atoms with Crippen LogP contribution in [0.1, 0.15) is 31.2 Å². The number of hydrogen-bond acceptors (Lipinski definition) is 5. The van der Waals surface area contributed by atoms with Gasteiger partial charge in [-0.05, 0) is 73.2 Å². The topological polar surface area (TPSA) is 27.7 Å². The molecule has 0 heterocycles. The van der Waals surface area contributed by atoms with E-state index < -0.39 is 0 Å². The number of methoxy groups -OCH3 is 1. The van der Waals surface area contributed by atoms with Crippen LogP contribution in [0.4, 0.5) is 0 Å². The van der Waals surface area contributed by atoms with Gasteiger partial charge in [-0.2, -0.15) is 0 Å². The van der Waals surface area contributed by atoms with Crippen LogP contribution in [0.2, 0.25) is 0 Å². The van der Waals surface area contributed by atoms with Crippen molar-refractivity contribution >= 4 is 28.4 Å². The highest BCUT2D eigenvalue weighted by molar-refractivity contribution is 8.22. The van der Waals surface area contributed by atoms with Gasteiger partial charge in [0.2, 0.25) is 4.38 Å². The third-order valence-corrected chi connectivity index (χ3v) is 7.68. The molecule has 1 aromatic rings. The first-order valence-electron chi connectivity index (χ1n) is 9.89. The number of ether oxygens (including phenoxy) is 3. The van der Waals surface area contributed by atoms with Crippen LogP contribution in [0, 0.1) is 17.3 Å². The van der Waals surface area contributed by atoms with Gasteiger partial charge in [0.05, 0.1) is 19.8 Å². The van der Waals surface area contributed by atoms with Crippen molar-refractivity contribution in [2.45, 2.75) is 44.5 Å². The monoisotopic (exact) mass is 416 g/mol. The van der Waals surface area contributed by atoms with Crippen molar-refractivity contribution in [3.8, 4) is 5.75 Å². The Kier molecular flexibility index (Phi) is 5.86. The predicted octanol–water partition coefficient (Wildman–Crippen LogP) is 5.55. The lowest BCUT2D eigenvalue weighted by atomic mass is 9.62. The second kappa shape index (κ2) is 8.21. The summed E-state index contributed by atoms with van der Waals surface area (Å²) in [6.07, 6.45) is 11.3. The summed E-state index contributed by atoms with van der Waals surface area (Å²) in [5.41, 5.74) is 2.75. The zero-order valence-corrected chi connectivity index (χ0v) is 18.2. The van der Waals surface area contributed by atoms with Crippen LogP contribution in [-0.4, -0.2) is 30.0 Å². The molecule has 28 heavy (non-hydrogen) atoms. The van der Waals surface area contributed by atoms with Gasteiger partial charge in [-0.15, -0.1) is 0 Å². The number of thiocarbonyl (C=S) groups is 1. The Labute approximate surface area is 177 Å². The molecule has 0 unspecified atom stereocenters. The molecule has 2 fully saturated rings. The summed E-state index contributed by atoms with van der Waals surface area (Å²) in [7, 11) is 1.68. The summed E-state index contributed by atoms with van der Waals surface area (Å²) in [6, 6.07) is 8.08. The minimum Gasteiger partial charge on any atom is -0.497 e. The van der Waals surface area contributed by atoms with Crippen LogP contribution in [0.25, 0.3) is 0 Å². The molecule has 0 radical (unpaired) electrons. The van der Waals surface area contributed by atoms with Crippen LogP contribution >= 0.6 is 24.0 Å². The second-order valence-electron chi connectivity index (χ2n) is 8.21. The fourth-order valence-electron chi connectivity index (χ4n) is 5.17. The van der Waals surface area contributed by atoms with Crippen molar-refractivity contribution in [1.82, 2.24) is 0 Å². The highest BCUT2D eigenvalue weighted by Gasteiger charge is 2.54. The Morgan fingerprint density at radius 1 is 1.29 bits per heavy atom. The van der Waals surface area contributed by atoms with Crippen molar-refractivity contribution in [2.24, 2.45) is 17.3 Å². The first-order chi connectivity index (χ1) is 13.5. The van der Waals surface area contributed by atoms with Crippen molar-refractivity contribution < 1.29 is 14.2 Å². The van der Waals surface area contributed by atoms with Crippen LogP contribution in [0.3, 0.4) is 0 Å². The maximum Gasteiger partial charge on any atom is 0.219 e. The van der Waals surface area contributed by atoms with E-state index in [2.05, 4.69) is 30.9 Å². The minimum absolute atomic E-state index is 0.149. The molecule has 5 heteroatoms. The molecular formula is C23H28O3S2. The molecule has 5 atom stereocenters. The summed E-state index contributed by atoms with van der Waals surface area (Å²) >= 11 is 6.85. The molecule has 4 rings (SSSR count). The lowest BCUT2D eigenvalue weighted by Crippen LogP contribution is -2.42. The van der Waals surface area contributed by atoms with Crippen LogP contribution < -0.4 is 4.74 Å². The van der Waals surface area contributed by atoms with E-state index in [4.69, 9.17) is 26.4 Å².